The van der Waals surface area contributed by atoms with E-state index in [9.17, 15) is 14.9 Å². The Bertz CT molecular complexity index is 460. The van der Waals surface area contributed by atoms with Crippen LogP contribution >= 0.6 is 11.6 Å². The van der Waals surface area contributed by atoms with E-state index in [0.717, 1.165) is 12.8 Å². The third-order valence-corrected chi connectivity index (χ3v) is 3.44. The summed E-state index contributed by atoms with van der Waals surface area (Å²) >= 11 is 5.79. The molecule has 1 aromatic heterocycles. The van der Waals surface area contributed by atoms with Crippen molar-refractivity contribution >= 4 is 23.4 Å². The summed E-state index contributed by atoms with van der Waals surface area (Å²) in [5, 5.41) is 10.5. The fraction of sp³-hybridized carbons (Fsp3) is 0.545. The molecule has 98 valence electrons. The fourth-order valence-electron chi connectivity index (χ4n) is 2.07. The van der Waals surface area contributed by atoms with Gasteiger partial charge in [0.1, 0.15) is 4.92 Å². The molecule has 1 aliphatic heterocycles. The van der Waals surface area contributed by atoms with Crippen molar-refractivity contribution in [3.63, 3.8) is 0 Å². The second kappa shape index (κ2) is 5.39. The highest BCUT2D eigenvalue weighted by Crippen LogP contribution is 2.22. The first-order valence-corrected chi connectivity index (χ1v) is 6.24. The number of hydrogen-bond donors (Lipinski definition) is 0. The molecule has 1 atom stereocenters. The molecule has 0 radical (unpaired) electrons. The molecule has 2 heterocycles. The van der Waals surface area contributed by atoms with Gasteiger partial charge in [-0.3, -0.25) is 14.9 Å². The van der Waals surface area contributed by atoms with E-state index >= 15 is 0 Å². The molecule has 1 unspecified atom stereocenters. The highest BCUT2D eigenvalue weighted by Gasteiger charge is 2.27. The van der Waals surface area contributed by atoms with Gasteiger partial charge in [-0.15, -0.1) is 11.6 Å². The summed E-state index contributed by atoms with van der Waals surface area (Å²) in [5.74, 6) is 0.0932. The van der Waals surface area contributed by atoms with Gasteiger partial charge in [0.2, 0.25) is 0 Å². The lowest BCUT2D eigenvalue weighted by molar-refractivity contribution is -0.402. The van der Waals surface area contributed by atoms with Crippen LogP contribution in [0.5, 0.6) is 0 Å². The van der Waals surface area contributed by atoms with E-state index in [1.165, 1.54) is 12.1 Å². The van der Waals surface area contributed by atoms with Crippen LogP contribution in [0.25, 0.3) is 0 Å². The quantitative estimate of drug-likeness (QED) is 0.480. The van der Waals surface area contributed by atoms with E-state index in [1.807, 2.05) is 0 Å². The Labute approximate surface area is 109 Å². The first kappa shape index (κ1) is 12.9. The van der Waals surface area contributed by atoms with Gasteiger partial charge in [-0.25, -0.2) is 0 Å². The summed E-state index contributed by atoms with van der Waals surface area (Å²) in [5.41, 5.74) is 0. The Morgan fingerprint density at radius 3 is 3.00 bits per heavy atom. The summed E-state index contributed by atoms with van der Waals surface area (Å²) in [6.45, 7) is 1.22. The van der Waals surface area contributed by atoms with Crippen LogP contribution in [0.3, 0.4) is 0 Å². The van der Waals surface area contributed by atoms with Crippen molar-refractivity contribution in [3.8, 4) is 0 Å². The lowest BCUT2D eigenvalue weighted by atomic mass is 10.00. The van der Waals surface area contributed by atoms with E-state index in [-0.39, 0.29) is 17.6 Å². The van der Waals surface area contributed by atoms with E-state index in [4.69, 9.17) is 16.0 Å². The molecule has 2 rings (SSSR count). The van der Waals surface area contributed by atoms with Gasteiger partial charge in [-0.1, -0.05) is 0 Å². The number of furan rings is 1. The molecule has 1 aromatic rings. The highest BCUT2D eigenvalue weighted by molar-refractivity contribution is 6.18. The van der Waals surface area contributed by atoms with Gasteiger partial charge in [-0.2, -0.15) is 0 Å². The van der Waals surface area contributed by atoms with Gasteiger partial charge in [0, 0.05) is 19.0 Å². The molecule has 1 amide bonds. The van der Waals surface area contributed by atoms with Crippen LogP contribution in [0, 0.1) is 16.0 Å². The number of hydrogen-bond acceptors (Lipinski definition) is 4. The molecule has 0 aliphatic carbocycles. The van der Waals surface area contributed by atoms with E-state index in [2.05, 4.69) is 0 Å². The lowest BCUT2D eigenvalue weighted by Gasteiger charge is -2.31. The minimum atomic E-state index is -0.658. The van der Waals surface area contributed by atoms with Gasteiger partial charge in [-0.05, 0) is 24.8 Å². The summed E-state index contributed by atoms with van der Waals surface area (Å²) < 4.78 is 4.91. The predicted molar refractivity (Wildman–Crippen MR) is 64.7 cm³/mol. The fourth-order valence-corrected chi connectivity index (χ4v) is 2.32. The van der Waals surface area contributed by atoms with Crippen molar-refractivity contribution in [1.82, 2.24) is 4.90 Å². The number of rotatable bonds is 3. The average molecular weight is 273 g/mol. The zero-order valence-electron chi connectivity index (χ0n) is 9.67. The standard InChI is InChI=1S/C11H13ClN2O4/c12-6-8-2-1-5-13(7-8)11(15)9-3-4-10(18-9)14(16)17/h3-4,8H,1-2,5-7H2. The molecule has 18 heavy (non-hydrogen) atoms. The number of likely N-dealkylation sites (tertiary alicyclic amines) is 1. The predicted octanol–water partition coefficient (Wildman–Crippen LogP) is 2.28. The number of amides is 1. The maximum atomic E-state index is 12.1. The Balaban J connectivity index is 2.07. The third kappa shape index (κ3) is 2.64. The molecular formula is C11H13ClN2O4. The molecule has 0 bridgehead atoms. The Kier molecular flexibility index (Phi) is 3.86. The molecule has 6 nitrogen and oxygen atoms in total. The van der Waals surface area contributed by atoms with Crippen molar-refractivity contribution in [2.45, 2.75) is 12.8 Å². The van der Waals surface area contributed by atoms with Gasteiger partial charge in [0.25, 0.3) is 5.91 Å². The van der Waals surface area contributed by atoms with Crippen molar-refractivity contribution < 1.29 is 14.1 Å². The van der Waals surface area contributed by atoms with Crippen LogP contribution in [0.4, 0.5) is 5.88 Å². The van der Waals surface area contributed by atoms with Crippen molar-refractivity contribution in [2.75, 3.05) is 19.0 Å². The largest absolute Gasteiger partial charge is 0.433 e. The van der Waals surface area contributed by atoms with Crippen LogP contribution in [0.15, 0.2) is 16.5 Å². The van der Waals surface area contributed by atoms with Crippen LogP contribution in [0.2, 0.25) is 0 Å². The number of piperidine rings is 1. The van der Waals surface area contributed by atoms with Gasteiger partial charge in [0.15, 0.2) is 5.76 Å². The van der Waals surface area contributed by atoms with Gasteiger partial charge >= 0.3 is 5.88 Å². The first-order valence-electron chi connectivity index (χ1n) is 5.71. The minimum absolute atomic E-state index is 0.0110. The van der Waals surface area contributed by atoms with Crippen LogP contribution in [-0.4, -0.2) is 34.7 Å². The highest BCUT2D eigenvalue weighted by atomic mass is 35.5. The van der Waals surface area contributed by atoms with E-state index in [0.29, 0.717) is 19.0 Å². The summed E-state index contributed by atoms with van der Waals surface area (Å²) in [6.07, 6.45) is 1.90. The normalized spacial score (nSPS) is 19.8. The second-order valence-corrected chi connectivity index (χ2v) is 4.62. The zero-order chi connectivity index (χ0) is 13.1. The zero-order valence-corrected chi connectivity index (χ0v) is 10.4. The molecule has 1 saturated heterocycles. The van der Waals surface area contributed by atoms with Crippen LogP contribution in [0.1, 0.15) is 23.4 Å². The van der Waals surface area contributed by atoms with Crippen LogP contribution in [-0.2, 0) is 0 Å². The molecule has 0 N–H and O–H groups in total. The molecular weight excluding hydrogens is 260 g/mol. The first-order chi connectivity index (χ1) is 8.61. The molecule has 1 fully saturated rings. The van der Waals surface area contributed by atoms with Crippen molar-refractivity contribution in [1.29, 1.82) is 0 Å². The number of carbonyl (C=O) groups excluding carboxylic acids is 1. The SMILES string of the molecule is O=C(c1ccc([N+](=O)[O-])o1)N1CCCC(CCl)C1. The van der Waals surface area contributed by atoms with Gasteiger partial charge in [0.05, 0.1) is 6.07 Å². The third-order valence-electron chi connectivity index (χ3n) is 3.01. The smallest absolute Gasteiger partial charge is 0.395 e. The number of halogens is 1. The lowest BCUT2D eigenvalue weighted by Crippen LogP contribution is -2.40. The number of carbonyl (C=O) groups is 1. The molecule has 0 saturated carbocycles. The molecule has 0 aromatic carbocycles. The number of nitro groups is 1. The van der Waals surface area contributed by atoms with Crippen molar-refractivity contribution in [2.24, 2.45) is 5.92 Å². The Hall–Kier alpha value is -1.56. The van der Waals surface area contributed by atoms with E-state index in [1.54, 1.807) is 4.90 Å². The summed E-state index contributed by atoms with van der Waals surface area (Å²) in [4.78, 5) is 23.5. The van der Waals surface area contributed by atoms with Gasteiger partial charge < -0.3 is 9.32 Å². The van der Waals surface area contributed by atoms with E-state index < -0.39 is 10.8 Å². The van der Waals surface area contributed by atoms with Crippen LogP contribution < -0.4 is 0 Å². The number of nitrogens with zero attached hydrogens (tertiary/aromatic N) is 2. The van der Waals surface area contributed by atoms with Crippen molar-refractivity contribution in [3.05, 3.63) is 28.0 Å². The maximum absolute atomic E-state index is 12.1. The summed E-state index contributed by atoms with van der Waals surface area (Å²) in [6, 6.07) is 2.53. The minimum Gasteiger partial charge on any atom is -0.395 e. The Morgan fingerprint density at radius 1 is 1.61 bits per heavy atom. The maximum Gasteiger partial charge on any atom is 0.433 e. The topological polar surface area (TPSA) is 76.6 Å². The molecule has 0 spiro atoms. The summed E-state index contributed by atoms with van der Waals surface area (Å²) in [7, 11) is 0. The molecule has 7 heteroatoms. The number of alkyl halides is 1. The Morgan fingerprint density at radius 2 is 2.39 bits per heavy atom. The average Bonchev–Trinajstić information content (AvgIpc) is 2.87. The molecule has 1 aliphatic rings. The second-order valence-electron chi connectivity index (χ2n) is 4.31. The monoisotopic (exact) mass is 272 g/mol.